The molecule has 8 rings (SSSR count). The van der Waals surface area contributed by atoms with Crippen molar-refractivity contribution in [2.45, 2.75) is 123 Å². The van der Waals surface area contributed by atoms with Crippen molar-refractivity contribution in [2.75, 3.05) is 0 Å². The predicted molar refractivity (Wildman–Crippen MR) is 251 cm³/mol. The van der Waals surface area contributed by atoms with E-state index < -0.39 is 29.0 Å². The summed E-state index contributed by atoms with van der Waals surface area (Å²) in [4.78, 5) is 0. The van der Waals surface area contributed by atoms with Gasteiger partial charge in [-0.25, -0.2) is 0 Å². The molecule has 0 unspecified atom stereocenters. The van der Waals surface area contributed by atoms with E-state index in [4.69, 9.17) is 0 Å². The van der Waals surface area contributed by atoms with Gasteiger partial charge in [-0.05, 0) is 235 Å². The van der Waals surface area contributed by atoms with Gasteiger partial charge < -0.3 is 9.13 Å². The van der Waals surface area contributed by atoms with Crippen LogP contribution in [0.5, 0.6) is 0 Å². The maximum absolute atomic E-state index is 15.3. The maximum Gasteiger partial charge on any atom is 0.417 e. The largest absolute Gasteiger partial charge is 0.417 e. The number of aryl methyl sites for hydroxylation is 8. The van der Waals surface area contributed by atoms with Crippen molar-refractivity contribution in [3.63, 3.8) is 0 Å². The van der Waals surface area contributed by atoms with E-state index in [0.29, 0.717) is 17.4 Å². The smallest absolute Gasteiger partial charge is 0.307 e. The maximum atomic E-state index is 15.3. The molecule has 64 heavy (non-hydrogen) atoms. The fraction of sp³-hybridized carbons (Fsp3) is 0.327. The quantitative estimate of drug-likeness (QED) is 0.163. The molecule has 0 atom stereocenters. The normalized spacial score (nSPS) is 12.5. The van der Waals surface area contributed by atoms with Gasteiger partial charge in [0.2, 0.25) is 0 Å². The lowest BCUT2D eigenvalue weighted by Gasteiger charge is -2.23. The number of alkyl halides is 6. The number of benzene rings is 6. The monoisotopic (exact) mass is 869 g/mol. The minimum absolute atomic E-state index is 0.0304. The van der Waals surface area contributed by atoms with Crippen LogP contribution in [0.1, 0.15) is 106 Å². The van der Waals surface area contributed by atoms with E-state index in [9.17, 15) is 18.4 Å². The second-order valence-electron chi connectivity index (χ2n) is 18.3. The van der Waals surface area contributed by atoms with Crippen LogP contribution in [0.15, 0.2) is 30.3 Å². The van der Waals surface area contributed by atoms with Crippen LogP contribution < -0.4 is 0 Å². The van der Waals surface area contributed by atoms with Crippen molar-refractivity contribution in [3.05, 3.63) is 136 Å². The molecule has 0 aliphatic heterocycles. The molecule has 3 nitrogen and oxygen atoms in total. The van der Waals surface area contributed by atoms with E-state index in [-0.39, 0.29) is 17.2 Å². The Kier molecular flexibility index (Phi) is 10.1. The minimum Gasteiger partial charge on any atom is -0.307 e. The lowest BCUT2D eigenvalue weighted by Crippen LogP contribution is -2.13. The van der Waals surface area contributed by atoms with E-state index in [1.54, 1.807) is 12.1 Å². The first-order chi connectivity index (χ1) is 29.7. The third-order valence-corrected chi connectivity index (χ3v) is 15.7. The Balaban J connectivity index is 1.74. The molecule has 0 spiro atoms. The van der Waals surface area contributed by atoms with Crippen LogP contribution in [0.3, 0.4) is 0 Å². The Labute approximate surface area is 370 Å². The molecule has 0 aliphatic rings. The molecule has 0 radical (unpaired) electrons. The number of halogens is 6. The molecule has 2 aromatic heterocycles. The van der Waals surface area contributed by atoms with Gasteiger partial charge in [-0.1, -0.05) is 6.07 Å². The molecular formula is C55H53F6N3. The topological polar surface area (TPSA) is 33.6 Å². The van der Waals surface area contributed by atoms with Crippen molar-refractivity contribution in [1.29, 1.82) is 5.26 Å². The lowest BCUT2D eigenvalue weighted by molar-refractivity contribution is -0.142. The fourth-order valence-corrected chi connectivity index (χ4v) is 10.7. The van der Waals surface area contributed by atoms with Crippen molar-refractivity contribution in [1.82, 2.24) is 9.13 Å². The summed E-state index contributed by atoms with van der Waals surface area (Å²) in [5, 5.41) is 15.7. The highest BCUT2D eigenvalue weighted by molar-refractivity contribution is 6.17. The van der Waals surface area contributed by atoms with Crippen molar-refractivity contribution in [2.24, 2.45) is 0 Å². The summed E-state index contributed by atoms with van der Waals surface area (Å²) in [7, 11) is 0. The molecule has 0 amide bonds. The first-order valence-corrected chi connectivity index (χ1v) is 21.6. The zero-order chi connectivity index (χ0) is 47.3. The Bertz CT molecular complexity index is 3130. The van der Waals surface area contributed by atoms with E-state index in [1.165, 1.54) is 0 Å². The summed E-state index contributed by atoms with van der Waals surface area (Å²) in [6.07, 6.45) is -10.2. The SMILES string of the molecule is Cc1c(C)c(C)c2c(c1C)c1c(C)c(C)c(C)c(C)c1n2-c1cc(-c2ccc(C(F)(F)F)cc2C(F)(F)F)cc(-n2c3c(C)c(C)c(C)c(C)c3c3c(C)c(C)c(C)c(C)c32)c1C#N. The van der Waals surface area contributed by atoms with Gasteiger partial charge >= 0.3 is 12.4 Å². The van der Waals surface area contributed by atoms with Crippen molar-refractivity contribution in [3.8, 4) is 28.6 Å². The molecule has 2 heterocycles. The molecule has 330 valence electrons. The number of aromatic nitrogens is 2. The average molecular weight is 870 g/mol. The second-order valence-corrected chi connectivity index (χ2v) is 18.3. The standard InChI is InChI=1S/C55H53F6N3/c1-23-27(5)35(13)50-46(31(23)9)47-32(10)24(2)28(6)36(14)51(47)63(50)44-19-39(41-18-17-40(54(56,57)58)21-43(41)55(59,60)61)20-45(42(44)22-62)64-52-37(15)29(7)25(3)33(11)48(52)49-34(12)26(4)30(8)38(16)53(49)64/h17-21H,1-16H3. The number of rotatable bonds is 3. The molecule has 0 saturated carbocycles. The number of nitriles is 1. The van der Waals surface area contributed by atoms with Crippen LogP contribution in [0, 0.1) is 122 Å². The second kappa shape index (κ2) is 14.5. The van der Waals surface area contributed by atoms with Gasteiger partial charge in [0, 0.05) is 21.5 Å². The van der Waals surface area contributed by atoms with Gasteiger partial charge in [-0.3, -0.25) is 0 Å². The van der Waals surface area contributed by atoms with Gasteiger partial charge in [0.1, 0.15) is 11.6 Å². The molecule has 9 heteroatoms. The van der Waals surface area contributed by atoms with E-state index in [2.05, 4.69) is 98.3 Å². The summed E-state index contributed by atoms with van der Waals surface area (Å²) >= 11 is 0. The summed E-state index contributed by atoms with van der Waals surface area (Å²) in [6, 6.07) is 7.59. The predicted octanol–water partition coefficient (Wildman–Crippen LogP) is 16.4. The highest BCUT2D eigenvalue weighted by Gasteiger charge is 2.39. The van der Waals surface area contributed by atoms with Crippen molar-refractivity contribution >= 4 is 43.6 Å². The average Bonchev–Trinajstić information content (AvgIpc) is 3.80. The Hall–Kier alpha value is -6.01. The van der Waals surface area contributed by atoms with Crippen molar-refractivity contribution < 1.29 is 26.3 Å². The Morgan fingerprint density at radius 2 is 0.688 bits per heavy atom. The van der Waals surface area contributed by atoms with Crippen LogP contribution in [0.25, 0.3) is 66.1 Å². The van der Waals surface area contributed by atoms with E-state index in [1.807, 2.05) is 27.7 Å². The fourth-order valence-electron chi connectivity index (χ4n) is 10.7. The van der Waals surface area contributed by atoms with Crippen LogP contribution in [0.4, 0.5) is 26.3 Å². The number of hydrogen-bond acceptors (Lipinski definition) is 1. The number of nitrogens with zero attached hydrogens (tertiary/aromatic N) is 3. The van der Waals surface area contributed by atoms with Gasteiger partial charge in [0.15, 0.2) is 0 Å². The summed E-state index contributed by atoms with van der Waals surface area (Å²) in [5.74, 6) is 0. The van der Waals surface area contributed by atoms with E-state index in [0.717, 1.165) is 139 Å². The van der Waals surface area contributed by atoms with Gasteiger partial charge in [-0.2, -0.15) is 31.6 Å². The third-order valence-electron chi connectivity index (χ3n) is 15.7. The zero-order valence-electron chi connectivity index (χ0n) is 39.5. The molecule has 0 bridgehead atoms. The minimum atomic E-state index is -5.15. The molecule has 0 aliphatic carbocycles. The number of hydrogen-bond donors (Lipinski definition) is 0. The summed E-state index contributed by atoms with van der Waals surface area (Å²) < 4.78 is 92.7. The molecule has 0 fully saturated rings. The Morgan fingerprint density at radius 3 is 0.953 bits per heavy atom. The van der Waals surface area contributed by atoms with Crippen LogP contribution in [-0.4, -0.2) is 9.13 Å². The molecular weight excluding hydrogens is 817 g/mol. The summed E-state index contributed by atoms with van der Waals surface area (Å²) in [6.45, 7) is 33.1. The summed E-state index contributed by atoms with van der Waals surface area (Å²) in [5.41, 5.74) is 17.7. The molecule has 6 aromatic carbocycles. The molecule has 8 aromatic rings. The van der Waals surface area contributed by atoms with Crippen LogP contribution in [-0.2, 0) is 12.4 Å². The molecule has 0 N–H and O–H groups in total. The highest BCUT2D eigenvalue weighted by atomic mass is 19.4. The first kappa shape index (κ1) is 44.6. The zero-order valence-corrected chi connectivity index (χ0v) is 39.5. The highest BCUT2D eigenvalue weighted by Crippen LogP contribution is 2.49. The molecule has 0 saturated heterocycles. The third kappa shape index (κ3) is 5.93. The van der Waals surface area contributed by atoms with Crippen LogP contribution in [0.2, 0.25) is 0 Å². The lowest BCUT2D eigenvalue weighted by atomic mass is 9.90. The van der Waals surface area contributed by atoms with Crippen LogP contribution >= 0.6 is 0 Å². The van der Waals surface area contributed by atoms with Gasteiger partial charge in [0.05, 0.1) is 44.6 Å². The van der Waals surface area contributed by atoms with Gasteiger partial charge in [0.25, 0.3) is 0 Å². The van der Waals surface area contributed by atoms with E-state index >= 15 is 13.2 Å². The van der Waals surface area contributed by atoms with Gasteiger partial charge in [-0.15, -0.1) is 0 Å². The number of fused-ring (bicyclic) bond motifs is 6. The first-order valence-electron chi connectivity index (χ1n) is 21.6. The Morgan fingerprint density at radius 1 is 0.391 bits per heavy atom.